The lowest BCUT2D eigenvalue weighted by molar-refractivity contribution is -0.138. The first kappa shape index (κ1) is 54.5. The summed E-state index contributed by atoms with van der Waals surface area (Å²) in [6.07, 6.45) is -5.59. The molecule has 0 spiro atoms. The molecule has 4 aromatic carbocycles. The predicted octanol–water partition coefficient (Wildman–Crippen LogP) is 7.62. The molecule has 75 heavy (non-hydrogen) atoms. The number of aromatic nitrogens is 4. The molecule has 0 unspecified atom stereocenters. The molecule has 7 aromatic rings. The lowest BCUT2D eigenvalue weighted by Crippen LogP contribution is -2.44. The van der Waals surface area contributed by atoms with Crippen molar-refractivity contribution in [3.63, 3.8) is 0 Å². The van der Waals surface area contributed by atoms with Crippen molar-refractivity contribution >= 4 is 23.2 Å². The molecule has 0 amide bonds. The van der Waals surface area contributed by atoms with Crippen LogP contribution in [0.1, 0.15) is 38.2 Å². The van der Waals surface area contributed by atoms with E-state index in [1.54, 1.807) is 23.0 Å². The minimum atomic E-state index is -4.42. The number of rotatable bonds is 10. The molecule has 2 saturated heterocycles. The fourth-order valence-electron chi connectivity index (χ4n) is 8.05. The van der Waals surface area contributed by atoms with Gasteiger partial charge < -0.3 is 48.9 Å². The molecule has 22 heteroatoms. The number of pyridine rings is 2. The number of carbonyl (C=O) groups excluding carboxylic acids is 1. The number of ether oxygens (including phenoxy) is 1. The van der Waals surface area contributed by atoms with Crippen molar-refractivity contribution in [3.8, 4) is 22.8 Å². The molecule has 0 radical (unpaired) electrons. The number of carbonyl (C=O) groups is 1. The zero-order valence-electron chi connectivity index (χ0n) is 41.1. The Labute approximate surface area is 427 Å². The second-order valence-corrected chi connectivity index (χ2v) is 17.7. The van der Waals surface area contributed by atoms with E-state index in [1.165, 1.54) is 47.7 Å². The smallest absolute Gasteiger partial charge is 0.416 e. The third-order valence-corrected chi connectivity index (χ3v) is 12.4. The maximum absolute atomic E-state index is 12.8. The highest BCUT2D eigenvalue weighted by atomic mass is 19.4. The van der Waals surface area contributed by atoms with E-state index >= 15 is 0 Å². The van der Waals surface area contributed by atoms with Gasteiger partial charge in [-0.1, -0.05) is 58.8 Å². The van der Waals surface area contributed by atoms with Crippen molar-refractivity contribution in [1.29, 1.82) is 0 Å². The fraction of sp³-hybridized carbons (Fsp3) is 0.283. The number of oxime groups is 1. The third kappa shape index (κ3) is 14.7. The van der Waals surface area contributed by atoms with Crippen LogP contribution in [0, 0.1) is 0 Å². The van der Waals surface area contributed by atoms with Gasteiger partial charge >= 0.3 is 18.3 Å². The number of amidine groups is 1. The summed E-state index contributed by atoms with van der Waals surface area (Å²) in [5, 5.41) is 14.8. The van der Waals surface area contributed by atoms with Crippen molar-refractivity contribution in [2.45, 2.75) is 25.4 Å². The highest BCUT2D eigenvalue weighted by Gasteiger charge is 2.31. The topological polar surface area (TPSA) is 181 Å². The van der Waals surface area contributed by atoms with Crippen molar-refractivity contribution < 1.29 is 45.6 Å². The Morgan fingerprint density at radius 2 is 1.09 bits per heavy atom. The maximum atomic E-state index is 12.8. The van der Waals surface area contributed by atoms with Crippen LogP contribution in [0.3, 0.4) is 0 Å². The first-order valence-corrected chi connectivity index (χ1v) is 23.5. The van der Waals surface area contributed by atoms with E-state index in [1.807, 2.05) is 24.3 Å². The Morgan fingerprint density at radius 3 is 1.57 bits per heavy atom. The van der Waals surface area contributed by atoms with E-state index in [-0.39, 0.29) is 34.2 Å². The van der Waals surface area contributed by atoms with Crippen LogP contribution in [-0.2, 0) is 30.2 Å². The molecule has 2 aliphatic rings. The molecule has 9 rings (SSSR count). The van der Waals surface area contributed by atoms with Crippen molar-refractivity contribution in [1.82, 2.24) is 29.1 Å². The first-order valence-electron chi connectivity index (χ1n) is 23.5. The number of halogens is 6. The van der Waals surface area contributed by atoms with E-state index in [0.29, 0.717) is 29.8 Å². The van der Waals surface area contributed by atoms with Crippen LogP contribution >= 0.6 is 0 Å². The number of anilines is 2. The summed E-state index contributed by atoms with van der Waals surface area (Å²) in [6.45, 7) is 8.79. The quantitative estimate of drug-likeness (QED) is 0.0342. The lowest BCUT2D eigenvalue weighted by atomic mass is 10.1. The average Bonchev–Trinajstić information content (AvgIpc) is 3.91. The summed E-state index contributed by atoms with van der Waals surface area (Å²) in [5.74, 6) is -0.333. The maximum Gasteiger partial charge on any atom is 0.416 e. The van der Waals surface area contributed by atoms with Crippen LogP contribution in [0.4, 0.5) is 37.7 Å². The molecular weight excluding hydrogens is 987 g/mol. The Morgan fingerprint density at radius 1 is 0.640 bits per heavy atom. The number of benzene rings is 4. The highest BCUT2D eigenvalue weighted by Crippen LogP contribution is 2.32. The van der Waals surface area contributed by atoms with Crippen molar-refractivity contribution in [3.05, 3.63) is 188 Å². The molecule has 0 atom stereocenters. The zero-order valence-corrected chi connectivity index (χ0v) is 41.1. The second kappa shape index (κ2) is 24.2. The van der Waals surface area contributed by atoms with Gasteiger partial charge in [-0.05, 0) is 85.9 Å². The third-order valence-electron chi connectivity index (χ3n) is 12.4. The number of nitrogens with zero attached hydrogens (tertiary/aromatic N) is 9. The summed E-state index contributed by atoms with van der Waals surface area (Å²) in [4.78, 5) is 50.0. The van der Waals surface area contributed by atoms with Crippen LogP contribution in [-0.4, -0.2) is 120 Å². The standard InChI is InChI=1S/C26H24F3N5O2.C19H23N3O3.C8H7F3N2O/c1-32-11-13-33(14-12-32)22-4-2-3-18(15-22)16-34-17-20(7-10-23(34)35)25-30-24(31-36-25)19-5-8-21(9-6-19)26(27,28)29;1-20-8-10-21(11-9-20)17-5-3-4-15(12-17)13-22-14-16(19(24)25-2)6-7-18(22)23;9-8(10,11)6-3-1-5(2-4-6)7(12)13-14/h2-10,15,17H,11-14,16H2,1H3;3-7,12,14H,8-11,13H2,1-2H3;1-4,14H,(H2,12,13). The van der Waals surface area contributed by atoms with Gasteiger partial charge in [0.25, 0.3) is 17.0 Å². The highest BCUT2D eigenvalue weighted by molar-refractivity contribution is 5.97. The molecular formula is C53H54F6N10O6. The van der Waals surface area contributed by atoms with Gasteiger partial charge in [-0.3, -0.25) is 9.59 Å². The largest absolute Gasteiger partial charge is 0.465 e. The second-order valence-electron chi connectivity index (χ2n) is 17.7. The minimum absolute atomic E-state index is 0.141. The Hall–Kier alpha value is -8.24. The summed E-state index contributed by atoms with van der Waals surface area (Å²) in [6, 6.07) is 30.8. The van der Waals surface area contributed by atoms with E-state index in [2.05, 4.69) is 73.3 Å². The van der Waals surface area contributed by atoms with Crippen molar-refractivity contribution in [2.75, 3.05) is 83.4 Å². The van der Waals surface area contributed by atoms with Gasteiger partial charge in [0, 0.05) is 99.4 Å². The molecule has 394 valence electrons. The molecule has 5 heterocycles. The number of hydrogen-bond donors (Lipinski definition) is 2. The summed E-state index contributed by atoms with van der Waals surface area (Å²) >= 11 is 0. The molecule has 3 aromatic heterocycles. The molecule has 16 nitrogen and oxygen atoms in total. The molecule has 0 saturated carbocycles. The normalized spacial score (nSPS) is 14.6. The number of nitrogens with two attached hydrogens (primary N) is 1. The summed E-state index contributed by atoms with van der Waals surface area (Å²) < 4.78 is 87.9. The van der Waals surface area contributed by atoms with Crippen LogP contribution in [0.2, 0.25) is 0 Å². The van der Waals surface area contributed by atoms with Crippen LogP contribution < -0.4 is 26.7 Å². The number of likely N-dealkylation sites (N-methyl/N-ethyl adjacent to an activating group) is 2. The van der Waals surface area contributed by atoms with Gasteiger partial charge in [-0.15, -0.1) is 0 Å². The van der Waals surface area contributed by atoms with Gasteiger partial charge in [-0.2, -0.15) is 31.3 Å². The minimum Gasteiger partial charge on any atom is -0.465 e. The Bertz CT molecular complexity index is 3180. The number of esters is 1. The average molecular weight is 1040 g/mol. The lowest BCUT2D eigenvalue weighted by Gasteiger charge is -2.34. The summed E-state index contributed by atoms with van der Waals surface area (Å²) in [5.41, 5.74) is 9.19. The van der Waals surface area contributed by atoms with Crippen LogP contribution in [0.15, 0.2) is 153 Å². The SMILES string of the molecule is CN1CCN(c2cccc(Cn3cc(-c4nc(-c5ccc(C(F)(F)F)cc5)no4)ccc3=O)c2)CC1.COC(=O)c1ccc(=O)n(Cc2cccc(N3CCN(C)CC3)c2)c1.N/C(=N\O)c1ccc(C(F)(F)F)cc1. The molecule has 2 fully saturated rings. The Balaban J connectivity index is 0.000000182. The first-order chi connectivity index (χ1) is 35.8. The van der Waals surface area contributed by atoms with Gasteiger partial charge in [0.2, 0.25) is 5.82 Å². The van der Waals surface area contributed by atoms with Crippen LogP contribution in [0.5, 0.6) is 0 Å². The fourth-order valence-corrected chi connectivity index (χ4v) is 8.05. The van der Waals surface area contributed by atoms with E-state index in [4.69, 9.17) is 20.2 Å². The molecule has 0 aliphatic carbocycles. The number of alkyl halides is 6. The number of hydrogen-bond acceptors (Lipinski definition) is 13. The van der Waals surface area contributed by atoms with E-state index < -0.39 is 29.4 Å². The molecule has 0 bridgehead atoms. The number of piperazine rings is 2. The molecule has 3 N–H and O–H groups in total. The number of methoxy groups -OCH3 is 1. The monoisotopic (exact) mass is 1040 g/mol. The van der Waals surface area contributed by atoms with E-state index in [0.717, 1.165) is 106 Å². The van der Waals surface area contributed by atoms with Crippen molar-refractivity contribution in [2.24, 2.45) is 10.9 Å². The van der Waals surface area contributed by atoms with Gasteiger partial charge in [0.1, 0.15) is 0 Å². The van der Waals surface area contributed by atoms with Gasteiger partial charge in [0.05, 0.1) is 42.5 Å². The predicted molar refractivity (Wildman–Crippen MR) is 271 cm³/mol. The molecule has 2 aliphatic heterocycles. The van der Waals surface area contributed by atoms with Crippen LogP contribution in [0.25, 0.3) is 22.8 Å². The van der Waals surface area contributed by atoms with Gasteiger partial charge in [0.15, 0.2) is 5.84 Å². The zero-order chi connectivity index (χ0) is 53.9. The Kier molecular flexibility index (Phi) is 17.6. The summed E-state index contributed by atoms with van der Waals surface area (Å²) in [7, 11) is 5.58. The van der Waals surface area contributed by atoms with E-state index in [9.17, 15) is 40.7 Å². The van der Waals surface area contributed by atoms with Gasteiger partial charge in [-0.25, -0.2) is 4.79 Å².